The Bertz CT molecular complexity index is 1070. The largest absolute Gasteiger partial charge is 0.481 e. The van der Waals surface area contributed by atoms with Gasteiger partial charge in [-0.1, -0.05) is 92.7 Å². The van der Waals surface area contributed by atoms with Crippen molar-refractivity contribution >= 4 is 11.9 Å². The van der Waals surface area contributed by atoms with Gasteiger partial charge in [0.05, 0.1) is 5.41 Å². The fraction of sp³-hybridized carbons (Fsp3) is 0.895. The van der Waals surface area contributed by atoms with Crippen LogP contribution >= 0.6 is 0 Å². The number of ether oxygens (including phenoxy) is 1. The molecule has 0 aromatic rings. The minimum atomic E-state index is -0.582. The summed E-state index contributed by atoms with van der Waals surface area (Å²) in [6, 6.07) is 0. The SMILES string of the molecule is CCCCCCCC(=O)O[C@H]1CC[C@@]2(C)C(CC[C@]3(C)[C@@H]2CC=C2[C@@H]4[C@@H](C)[C@H](C)CC[C@]4(C(=O)O)CC[C@]23C)C1(C)C. The molecule has 4 nitrogen and oxygen atoms in total. The van der Waals surface area contributed by atoms with Crippen LogP contribution in [0.15, 0.2) is 11.6 Å². The number of aliphatic carboxylic acids is 1. The van der Waals surface area contributed by atoms with Gasteiger partial charge in [0.2, 0.25) is 0 Å². The van der Waals surface area contributed by atoms with Gasteiger partial charge in [-0.25, -0.2) is 0 Å². The molecule has 42 heavy (non-hydrogen) atoms. The van der Waals surface area contributed by atoms with E-state index in [9.17, 15) is 14.7 Å². The van der Waals surface area contributed by atoms with Crippen LogP contribution < -0.4 is 0 Å². The van der Waals surface area contributed by atoms with E-state index in [1.54, 1.807) is 0 Å². The number of unbranched alkanes of at least 4 members (excludes halogenated alkanes) is 4. The fourth-order valence-electron chi connectivity index (χ4n) is 12.1. The standard InChI is InChI=1S/C38H62O4/c1-9-10-11-12-13-14-31(39)42-30-19-20-35(6)28(34(30,4)5)18-21-37(8)29(35)16-15-27-32-26(3)25(2)17-22-38(32,33(40)41)24-23-36(27,37)7/h15,25-26,28-30,32H,9-14,16-24H2,1-8H3,(H,40,41)/t25-,26+,28?,29-,30+,32+,35+,36-,37-,38+/m1/s1. The van der Waals surface area contributed by atoms with Crippen molar-refractivity contribution in [2.45, 2.75) is 158 Å². The molecule has 5 aliphatic carbocycles. The summed E-state index contributed by atoms with van der Waals surface area (Å²) in [4.78, 5) is 25.9. The first-order chi connectivity index (χ1) is 19.7. The molecule has 4 saturated carbocycles. The molecule has 4 fully saturated rings. The van der Waals surface area contributed by atoms with Crippen molar-refractivity contribution in [2.75, 3.05) is 0 Å². The van der Waals surface area contributed by atoms with E-state index < -0.39 is 11.4 Å². The zero-order chi connectivity index (χ0) is 30.7. The normalized spacial score (nSPS) is 45.9. The van der Waals surface area contributed by atoms with E-state index in [-0.39, 0.29) is 39.7 Å². The maximum Gasteiger partial charge on any atom is 0.310 e. The van der Waals surface area contributed by atoms with E-state index in [0.29, 0.717) is 30.1 Å². The second-order valence-electron chi connectivity index (χ2n) is 17.1. The van der Waals surface area contributed by atoms with Crippen LogP contribution in [0.2, 0.25) is 0 Å². The van der Waals surface area contributed by atoms with E-state index in [0.717, 1.165) is 57.8 Å². The maximum absolute atomic E-state index is 13.0. The van der Waals surface area contributed by atoms with Gasteiger partial charge in [-0.05, 0) is 110 Å². The van der Waals surface area contributed by atoms with Gasteiger partial charge in [0.1, 0.15) is 6.10 Å². The van der Waals surface area contributed by atoms with Gasteiger partial charge in [0, 0.05) is 11.8 Å². The summed E-state index contributed by atoms with van der Waals surface area (Å²) in [5.41, 5.74) is 1.28. The van der Waals surface area contributed by atoms with Crippen LogP contribution in [0.5, 0.6) is 0 Å². The number of hydrogen-bond acceptors (Lipinski definition) is 3. The predicted octanol–water partition coefficient (Wildman–Crippen LogP) is 10.0. The Morgan fingerprint density at radius 2 is 1.60 bits per heavy atom. The van der Waals surface area contributed by atoms with E-state index in [1.165, 1.54) is 37.7 Å². The average Bonchev–Trinajstić information content (AvgIpc) is 2.92. The van der Waals surface area contributed by atoms with Crippen LogP contribution in [0.3, 0.4) is 0 Å². The molecule has 0 amide bonds. The summed E-state index contributed by atoms with van der Waals surface area (Å²) >= 11 is 0. The van der Waals surface area contributed by atoms with Crippen molar-refractivity contribution in [1.82, 2.24) is 0 Å². The molecular formula is C38H62O4. The van der Waals surface area contributed by atoms with Gasteiger partial charge in [0.15, 0.2) is 0 Å². The fourth-order valence-corrected chi connectivity index (χ4v) is 12.1. The van der Waals surface area contributed by atoms with E-state index >= 15 is 0 Å². The molecule has 0 spiro atoms. The summed E-state index contributed by atoms with van der Waals surface area (Å²) in [5.74, 6) is 1.69. The number of carbonyl (C=O) groups is 2. The number of esters is 1. The van der Waals surface area contributed by atoms with Crippen LogP contribution in [0.25, 0.3) is 0 Å². The Hall–Kier alpha value is -1.32. The number of carbonyl (C=O) groups excluding carboxylic acids is 1. The molecule has 1 unspecified atom stereocenters. The third-order valence-corrected chi connectivity index (χ3v) is 15.1. The lowest BCUT2D eigenvalue weighted by Crippen LogP contribution is -2.65. The molecule has 5 rings (SSSR count). The zero-order valence-electron chi connectivity index (χ0n) is 28.3. The molecule has 0 heterocycles. The van der Waals surface area contributed by atoms with Crippen LogP contribution in [0.4, 0.5) is 0 Å². The van der Waals surface area contributed by atoms with Gasteiger partial charge in [0.25, 0.3) is 0 Å². The summed E-state index contributed by atoms with van der Waals surface area (Å²) < 4.78 is 6.28. The molecule has 0 radical (unpaired) electrons. The van der Waals surface area contributed by atoms with Crippen molar-refractivity contribution in [3.63, 3.8) is 0 Å². The number of carboxylic acid groups (broad SMARTS) is 1. The van der Waals surface area contributed by atoms with Crippen LogP contribution in [0, 0.1) is 56.7 Å². The Labute approximate surface area is 257 Å². The zero-order valence-corrected chi connectivity index (χ0v) is 28.3. The molecule has 10 atom stereocenters. The van der Waals surface area contributed by atoms with Crippen LogP contribution in [-0.2, 0) is 14.3 Å². The van der Waals surface area contributed by atoms with Crippen molar-refractivity contribution in [3.8, 4) is 0 Å². The second-order valence-corrected chi connectivity index (χ2v) is 17.1. The third kappa shape index (κ3) is 4.65. The molecule has 0 aromatic carbocycles. The first-order valence-corrected chi connectivity index (χ1v) is 17.8. The summed E-state index contributed by atoms with van der Waals surface area (Å²) in [7, 11) is 0. The lowest BCUT2D eigenvalue weighted by Gasteiger charge is -2.71. The van der Waals surface area contributed by atoms with Crippen molar-refractivity contribution in [2.24, 2.45) is 56.7 Å². The minimum absolute atomic E-state index is 0.00351. The number of carboxylic acids is 1. The van der Waals surface area contributed by atoms with Crippen LogP contribution in [-0.4, -0.2) is 23.1 Å². The van der Waals surface area contributed by atoms with Gasteiger partial charge in [-0.3, -0.25) is 9.59 Å². The summed E-state index contributed by atoms with van der Waals surface area (Å²) in [6.07, 6.45) is 18.1. The molecule has 0 saturated heterocycles. The highest BCUT2D eigenvalue weighted by Crippen LogP contribution is 2.75. The van der Waals surface area contributed by atoms with Crippen molar-refractivity contribution in [1.29, 1.82) is 0 Å². The maximum atomic E-state index is 13.0. The monoisotopic (exact) mass is 582 g/mol. The third-order valence-electron chi connectivity index (χ3n) is 15.1. The summed E-state index contributed by atoms with van der Waals surface area (Å²) in [6.45, 7) is 19.4. The molecule has 0 bridgehead atoms. The van der Waals surface area contributed by atoms with Gasteiger partial charge < -0.3 is 9.84 Å². The topological polar surface area (TPSA) is 63.6 Å². The number of allylic oxidation sites excluding steroid dienone is 2. The average molecular weight is 583 g/mol. The Balaban J connectivity index is 1.39. The molecule has 5 aliphatic rings. The van der Waals surface area contributed by atoms with Crippen molar-refractivity contribution < 1.29 is 19.4 Å². The Kier molecular flexibility index (Phi) is 8.59. The lowest BCUT2D eigenvalue weighted by molar-refractivity contribution is -0.214. The Morgan fingerprint density at radius 3 is 2.29 bits per heavy atom. The van der Waals surface area contributed by atoms with Gasteiger partial charge in [-0.2, -0.15) is 0 Å². The highest BCUT2D eigenvalue weighted by atomic mass is 16.5. The van der Waals surface area contributed by atoms with Crippen LogP contribution in [0.1, 0.15) is 152 Å². The van der Waals surface area contributed by atoms with Crippen molar-refractivity contribution in [3.05, 3.63) is 11.6 Å². The lowest BCUT2D eigenvalue weighted by atomic mass is 9.33. The van der Waals surface area contributed by atoms with Gasteiger partial charge >= 0.3 is 11.9 Å². The van der Waals surface area contributed by atoms with E-state index in [4.69, 9.17) is 4.74 Å². The quantitative estimate of drug-likeness (QED) is 0.176. The molecule has 238 valence electrons. The molecule has 4 heteroatoms. The van der Waals surface area contributed by atoms with E-state index in [1.807, 2.05) is 0 Å². The first-order valence-electron chi connectivity index (χ1n) is 17.8. The highest BCUT2D eigenvalue weighted by molar-refractivity contribution is 5.76. The predicted molar refractivity (Wildman–Crippen MR) is 170 cm³/mol. The van der Waals surface area contributed by atoms with Gasteiger partial charge in [-0.15, -0.1) is 0 Å². The second kappa shape index (κ2) is 11.2. The first kappa shape index (κ1) is 32.1. The summed E-state index contributed by atoms with van der Waals surface area (Å²) in [5, 5.41) is 10.7. The number of rotatable bonds is 8. The molecule has 0 aromatic heterocycles. The minimum Gasteiger partial charge on any atom is -0.481 e. The smallest absolute Gasteiger partial charge is 0.310 e. The highest BCUT2D eigenvalue weighted by Gasteiger charge is 2.69. The number of hydrogen-bond donors (Lipinski definition) is 1. The number of fused-ring (bicyclic) bond motifs is 7. The molecular weight excluding hydrogens is 520 g/mol. The molecule has 0 aliphatic heterocycles. The molecule has 1 N–H and O–H groups in total. The Morgan fingerprint density at radius 1 is 0.881 bits per heavy atom. The van der Waals surface area contributed by atoms with E-state index in [2.05, 4.69) is 61.5 Å².